The Bertz CT molecular complexity index is 1210. The Kier molecular flexibility index (Phi) is 6.50. The molecule has 0 radical (unpaired) electrons. The first-order chi connectivity index (χ1) is 14.9. The van der Waals surface area contributed by atoms with Crippen molar-refractivity contribution in [1.82, 2.24) is 4.48 Å². The number of hydrogen-bond donors (Lipinski definition) is 1. The molecule has 1 unspecified atom stereocenters. The van der Waals surface area contributed by atoms with Crippen LogP contribution in [0.2, 0.25) is 0 Å². The molecule has 0 saturated carbocycles. The highest BCUT2D eigenvalue weighted by molar-refractivity contribution is 7.90. The van der Waals surface area contributed by atoms with Gasteiger partial charge in [-0.2, -0.15) is 13.3 Å². The van der Waals surface area contributed by atoms with Gasteiger partial charge in [-0.1, -0.05) is 0 Å². The third-order valence-electron chi connectivity index (χ3n) is 5.18. The molecule has 1 N–H and O–H groups in total. The van der Waals surface area contributed by atoms with Gasteiger partial charge in [0.15, 0.2) is 27.0 Å². The molecule has 2 aromatic rings. The molecule has 0 saturated heterocycles. The molecule has 1 aliphatic rings. The van der Waals surface area contributed by atoms with Crippen LogP contribution in [-0.4, -0.2) is 32.5 Å². The summed E-state index contributed by atoms with van der Waals surface area (Å²) in [6.45, 7) is -0.0720. The van der Waals surface area contributed by atoms with E-state index in [2.05, 4.69) is 4.74 Å². The minimum absolute atomic E-state index is 0.0522. The summed E-state index contributed by atoms with van der Waals surface area (Å²) in [5.41, 5.74) is 1.20. The molecule has 1 aliphatic heterocycles. The monoisotopic (exact) mass is 472 g/mol. The van der Waals surface area contributed by atoms with E-state index in [0.717, 1.165) is 30.5 Å². The Morgan fingerprint density at radius 1 is 1.09 bits per heavy atom. The van der Waals surface area contributed by atoms with Crippen LogP contribution in [0.25, 0.3) is 0 Å². The number of halogens is 4. The highest BCUT2D eigenvalue weighted by Gasteiger charge is 2.46. The number of alkyl halides is 2. The summed E-state index contributed by atoms with van der Waals surface area (Å²) < 4.78 is 83.0. The van der Waals surface area contributed by atoms with Gasteiger partial charge < -0.3 is 9.84 Å². The molecule has 1 heterocycles. The highest BCUT2D eigenvalue weighted by Crippen LogP contribution is 2.52. The number of benzene rings is 2. The third-order valence-corrected chi connectivity index (χ3v) is 6.31. The quantitative estimate of drug-likeness (QED) is 0.446. The van der Waals surface area contributed by atoms with E-state index in [1.54, 1.807) is 19.1 Å². The second-order valence-electron chi connectivity index (χ2n) is 7.57. The number of hydrogen-bond acceptors (Lipinski definition) is 4. The summed E-state index contributed by atoms with van der Waals surface area (Å²) >= 11 is 0. The van der Waals surface area contributed by atoms with Gasteiger partial charge in [0.05, 0.1) is 6.10 Å². The predicted octanol–water partition coefficient (Wildman–Crippen LogP) is 5.18. The van der Waals surface area contributed by atoms with Crippen molar-refractivity contribution in [3.8, 4) is 5.75 Å². The third kappa shape index (κ3) is 4.30. The Labute approximate surface area is 183 Å². The van der Waals surface area contributed by atoms with Crippen molar-refractivity contribution < 1.29 is 35.8 Å². The van der Waals surface area contributed by atoms with Crippen molar-refractivity contribution >= 4 is 21.2 Å². The fourth-order valence-electron chi connectivity index (χ4n) is 3.98. The van der Waals surface area contributed by atoms with Gasteiger partial charge in [0.2, 0.25) is 0 Å². The zero-order chi connectivity index (χ0) is 23.8. The van der Waals surface area contributed by atoms with E-state index in [-0.39, 0.29) is 17.8 Å². The summed E-state index contributed by atoms with van der Waals surface area (Å²) in [6, 6.07) is 6.53. The maximum Gasteiger partial charge on any atom is 0.387 e. The average Bonchev–Trinajstić information content (AvgIpc) is 2.96. The molecule has 0 bridgehead atoms. The van der Waals surface area contributed by atoms with E-state index in [4.69, 9.17) is 0 Å². The molecule has 0 spiro atoms. The van der Waals surface area contributed by atoms with Crippen LogP contribution < -0.4 is 9.22 Å². The lowest BCUT2D eigenvalue weighted by molar-refractivity contribution is -0.0501. The standard InChI is InChI=1S/C22H22F4NO4S/c1-13-4-6-16(10-14(2)28)27(13,17-7-9-21(18(24)12-17)32(3,29)30)19-8-5-15(23)11-20(19)31-22(25)26/h4-9,11-12,14,22,28H,10H2,1-3H3/q+1/t14-,27?/m0/s1. The number of ether oxygens (including phenoxy) is 1. The lowest BCUT2D eigenvalue weighted by Gasteiger charge is -2.38. The van der Waals surface area contributed by atoms with Crippen LogP contribution >= 0.6 is 0 Å². The van der Waals surface area contributed by atoms with Crippen LogP contribution in [0, 0.1) is 11.6 Å². The largest absolute Gasteiger partial charge is 0.428 e. The van der Waals surface area contributed by atoms with Crippen LogP contribution in [0.15, 0.2) is 64.8 Å². The van der Waals surface area contributed by atoms with Gasteiger partial charge in [-0.05, 0) is 19.1 Å². The molecule has 172 valence electrons. The van der Waals surface area contributed by atoms with Gasteiger partial charge in [0, 0.05) is 56.0 Å². The Morgan fingerprint density at radius 2 is 1.78 bits per heavy atom. The fraction of sp³-hybridized carbons (Fsp3) is 0.273. The molecule has 0 aromatic heterocycles. The smallest absolute Gasteiger partial charge is 0.387 e. The first kappa shape index (κ1) is 24.0. The number of quaternary nitrogens is 1. The lowest BCUT2D eigenvalue weighted by Crippen LogP contribution is -2.41. The summed E-state index contributed by atoms with van der Waals surface area (Å²) in [6.07, 6.45) is 3.40. The van der Waals surface area contributed by atoms with Crippen molar-refractivity contribution in [2.75, 3.05) is 6.26 Å². The molecule has 3 rings (SSSR count). The molecule has 10 heteroatoms. The molecule has 0 fully saturated rings. The average molecular weight is 472 g/mol. The Balaban J connectivity index is 2.37. The molecular formula is C22H22F4NO4S+. The second-order valence-corrected chi connectivity index (χ2v) is 9.55. The highest BCUT2D eigenvalue weighted by atomic mass is 32.2. The van der Waals surface area contributed by atoms with Crippen molar-refractivity contribution in [3.63, 3.8) is 0 Å². The number of rotatable bonds is 7. The van der Waals surface area contributed by atoms with Crippen LogP contribution in [0.4, 0.5) is 28.9 Å². The van der Waals surface area contributed by atoms with E-state index in [0.29, 0.717) is 11.4 Å². The van der Waals surface area contributed by atoms with Gasteiger partial charge in [-0.15, -0.1) is 0 Å². The normalized spacial score (nSPS) is 19.7. The zero-order valence-electron chi connectivity index (χ0n) is 17.5. The van der Waals surface area contributed by atoms with Gasteiger partial charge in [-0.25, -0.2) is 17.2 Å². The van der Waals surface area contributed by atoms with E-state index < -0.39 is 49.3 Å². The number of sulfone groups is 1. The van der Waals surface area contributed by atoms with E-state index in [9.17, 15) is 31.1 Å². The summed E-state index contributed by atoms with van der Waals surface area (Å²) in [5.74, 6) is -2.32. The SMILES string of the molecule is CC1=CC=C(C[C@H](C)O)[N+]1(c1ccc(S(C)(=O)=O)c(F)c1)c1ccc(F)cc1OC(F)F. The molecule has 5 nitrogen and oxygen atoms in total. The minimum Gasteiger partial charge on any atom is -0.428 e. The predicted molar refractivity (Wildman–Crippen MR) is 112 cm³/mol. The Hall–Kier alpha value is -2.69. The van der Waals surface area contributed by atoms with Gasteiger partial charge in [0.25, 0.3) is 0 Å². The molecular weight excluding hydrogens is 450 g/mol. The summed E-state index contributed by atoms with van der Waals surface area (Å²) in [5, 5.41) is 10.1. The van der Waals surface area contributed by atoms with Crippen molar-refractivity contribution in [3.05, 3.63) is 71.6 Å². The van der Waals surface area contributed by atoms with Gasteiger partial charge in [-0.3, -0.25) is 0 Å². The topological polar surface area (TPSA) is 63.6 Å². The molecule has 2 atom stereocenters. The maximum absolute atomic E-state index is 14.9. The van der Waals surface area contributed by atoms with Crippen molar-refractivity contribution in [1.29, 1.82) is 0 Å². The Morgan fingerprint density at radius 3 is 2.34 bits per heavy atom. The first-order valence-electron chi connectivity index (χ1n) is 9.58. The van der Waals surface area contributed by atoms with Crippen LogP contribution in [0.3, 0.4) is 0 Å². The minimum atomic E-state index is -3.86. The van der Waals surface area contributed by atoms with E-state index in [1.807, 2.05) is 0 Å². The van der Waals surface area contributed by atoms with Crippen LogP contribution in [-0.2, 0) is 9.84 Å². The molecule has 0 aliphatic carbocycles. The van der Waals surface area contributed by atoms with Crippen LogP contribution in [0.5, 0.6) is 5.75 Å². The number of nitrogens with zero attached hydrogens (tertiary/aromatic N) is 1. The number of allylic oxidation sites excluding steroid dienone is 3. The van der Waals surface area contributed by atoms with E-state index >= 15 is 0 Å². The molecule has 2 aromatic carbocycles. The van der Waals surface area contributed by atoms with Crippen molar-refractivity contribution in [2.45, 2.75) is 37.9 Å². The summed E-state index contributed by atoms with van der Waals surface area (Å²) in [4.78, 5) is -0.524. The zero-order valence-corrected chi connectivity index (χ0v) is 18.3. The summed E-state index contributed by atoms with van der Waals surface area (Å²) in [7, 11) is -3.86. The van der Waals surface area contributed by atoms with Crippen LogP contribution in [0.1, 0.15) is 20.3 Å². The first-order valence-corrected chi connectivity index (χ1v) is 11.5. The molecule has 32 heavy (non-hydrogen) atoms. The number of aliphatic hydroxyl groups is 1. The number of aliphatic hydroxyl groups excluding tert-OH is 1. The maximum atomic E-state index is 14.9. The fourth-order valence-corrected chi connectivity index (χ4v) is 4.71. The second kappa shape index (κ2) is 8.68. The van der Waals surface area contributed by atoms with E-state index in [1.165, 1.54) is 19.1 Å². The lowest BCUT2D eigenvalue weighted by atomic mass is 10.1. The van der Waals surface area contributed by atoms with Crippen molar-refractivity contribution in [2.24, 2.45) is 0 Å². The molecule has 0 amide bonds. The van der Waals surface area contributed by atoms with Gasteiger partial charge >= 0.3 is 6.61 Å². The van der Waals surface area contributed by atoms with Gasteiger partial charge in [0.1, 0.15) is 27.9 Å².